The number of rotatable bonds is 3. The number of hydrogen-bond donors (Lipinski definition) is 1. The van der Waals surface area contributed by atoms with Crippen LogP contribution in [0.15, 0.2) is 47.0 Å². The van der Waals surface area contributed by atoms with Crippen molar-refractivity contribution in [2.24, 2.45) is 0 Å². The fourth-order valence-electron chi connectivity index (χ4n) is 3.11. The Morgan fingerprint density at radius 1 is 1.24 bits per heavy atom. The fraction of sp³-hybridized carbons (Fsp3) is 0.158. The average molecular weight is 355 g/mol. The third-order valence-corrected chi connectivity index (χ3v) is 4.55. The highest BCUT2D eigenvalue weighted by molar-refractivity contribution is 6.31. The molecule has 4 rings (SSSR count). The summed E-state index contributed by atoms with van der Waals surface area (Å²) in [6.07, 6.45) is 1.57. The topological polar surface area (TPSA) is 64.4 Å². The maximum Gasteiger partial charge on any atom is 0.278 e. The lowest BCUT2D eigenvalue weighted by Gasteiger charge is -2.14. The summed E-state index contributed by atoms with van der Waals surface area (Å²) in [6, 6.07) is 13.0. The first-order valence-electron chi connectivity index (χ1n) is 7.89. The second-order valence-electron chi connectivity index (χ2n) is 5.79. The van der Waals surface area contributed by atoms with E-state index >= 15 is 0 Å². The van der Waals surface area contributed by atoms with Crippen molar-refractivity contribution in [1.82, 2.24) is 5.16 Å². The van der Waals surface area contributed by atoms with Gasteiger partial charge in [0.2, 0.25) is 0 Å². The number of carbonyl (C=O) groups is 1. The molecule has 25 heavy (non-hydrogen) atoms. The normalized spacial score (nSPS) is 12.2. The lowest BCUT2D eigenvalue weighted by Crippen LogP contribution is -2.16. The number of nitrogens with zero attached hydrogens (tertiary/aromatic N) is 1. The van der Waals surface area contributed by atoms with Gasteiger partial charge >= 0.3 is 0 Å². The molecule has 1 aromatic heterocycles. The molecule has 0 atom stereocenters. The Kier molecular flexibility index (Phi) is 3.93. The summed E-state index contributed by atoms with van der Waals surface area (Å²) in [5, 5.41) is 7.32. The van der Waals surface area contributed by atoms with Crippen LogP contribution in [-0.2, 0) is 12.8 Å². The van der Waals surface area contributed by atoms with Crippen LogP contribution < -0.4 is 10.1 Å². The lowest BCUT2D eigenvalue weighted by atomic mass is 9.89. The van der Waals surface area contributed by atoms with Crippen LogP contribution in [-0.4, -0.2) is 18.2 Å². The molecule has 0 radical (unpaired) electrons. The van der Waals surface area contributed by atoms with Gasteiger partial charge in [-0.1, -0.05) is 41.0 Å². The van der Waals surface area contributed by atoms with Crippen LogP contribution in [0.5, 0.6) is 5.75 Å². The van der Waals surface area contributed by atoms with Gasteiger partial charge in [-0.15, -0.1) is 0 Å². The van der Waals surface area contributed by atoms with Gasteiger partial charge in [-0.3, -0.25) is 4.79 Å². The molecule has 0 aliphatic heterocycles. The number of aromatic nitrogens is 1. The molecule has 1 amide bonds. The first kappa shape index (κ1) is 15.7. The molecule has 2 aromatic carbocycles. The number of methoxy groups -OCH3 is 1. The van der Waals surface area contributed by atoms with E-state index in [1.54, 1.807) is 18.2 Å². The lowest BCUT2D eigenvalue weighted by molar-refractivity contribution is 0.101. The molecule has 1 N–H and O–H groups in total. The van der Waals surface area contributed by atoms with E-state index < -0.39 is 0 Å². The molecule has 1 heterocycles. The summed E-state index contributed by atoms with van der Waals surface area (Å²) < 4.78 is 10.7. The minimum absolute atomic E-state index is 0.298. The molecule has 0 saturated carbocycles. The molecule has 6 heteroatoms. The Hall–Kier alpha value is -2.79. The van der Waals surface area contributed by atoms with Crippen molar-refractivity contribution in [3.63, 3.8) is 0 Å². The van der Waals surface area contributed by atoms with Gasteiger partial charge in [0.05, 0.1) is 12.8 Å². The minimum Gasteiger partial charge on any atom is -0.495 e. The Labute approximate surface area is 149 Å². The number of aryl methyl sites for hydroxylation is 1. The number of hydrogen-bond acceptors (Lipinski definition) is 4. The number of nitrogens with one attached hydrogen (secondary N) is 1. The molecule has 126 valence electrons. The summed E-state index contributed by atoms with van der Waals surface area (Å²) >= 11 is 6.01. The van der Waals surface area contributed by atoms with Crippen molar-refractivity contribution in [1.29, 1.82) is 0 Å². The van der Waals surface area contributed by atoms with E-state index in [1.165, 1.54) is 12.7 Å². The smallest absolute Gasteiger partial charge is 0.278 e. The third kappa shape index (κ3) is 2.76. The van der Waals surface area contributed by atoms with Crippen LogP contribution in [0.3, 0.4) is 0 Å². The first-order valence-corrected chi connectivity index (χ1v) is 8.27. The molecule has 0 spiro atoms. The predicted octanol–water partition coefficient (Wildman–Crippen LogP) is 4.35. The highest BCUT2D eigenvalue weighted by Gasteiger charge is 2.27. The molecule has 0 unspecified atom stereocenters. The van der Waals surface area contributed by atoms with Gasteiger partial charge in [-0.05, 0) is 36.6 Å². The molecule has 0 fully saturated rings. The van der Waals surface area contributed by atoms with Crippen molar-refractivity contribution in [3.05, 3.63) is 64.3 Å². The number of amides is 1. The van der Waals surface area contributed by atoms with E-state index in [2.05, 4.69) is 16.5 Å². The highest BCUT2D eigenvalue weighted by atomic mass is 35.5. The molecule has 1 aliphatic rings. The molecule has 5 nitrogen and oxygen atoms in total. The van der Waals surface area contributed by atoms with Crippen LogP contribution in [0.2, 0.25) is 5.02 Å². The van der Waals surface area contributed by atoms with E-state index in [0.29, 0.717) is 34.3 Å². The maximum absolute atomic E-state index is 12.7. The monoisotopic (exact) mass is 354 g/mol. The van der Waals surface area contributed by atoms with Crippen LogP contribution in [0.4, 0.5) is 5.69 Å². The summed E-state index contributed by atoms with van der Waals surface area (Å²) in [5.41, 5.74) is 3.82. The Morgan fingerprint density at radius 3 is 2.92 bits per heavy atom. The summed E-state index contributed by atoms with van der Waals surface area (Å²) in [7, 11) is 1.54. The Balaban J connectivity index is 1.68. The number of carbonyl (C=O) groups excluding carboxylic acids is 1. The van der Waals surface area contributed by atoms with E-state index in [4.69, 9.17) is 20.9 Å². The van der Waals surface area contributed by atoms with Gasteiger partial charge in [0, 0.05) is 16.1 Å². The number of anilines is 1. The molecular formula is C19H15ClN2O3. The van der Waals surface area contributed by atoms with Gasteiger partial charge in [0.1, 0.15) is 5.75 Å². The Morgan fingerprint density at radius 2 is 2.08 bits per heavy atom. The molecule has 1 aliphatic carbocycles. The largest absolute Gasteiger partial charge is 0.495 e. The number of halogens is 1. The number of ether oxygens (including phenoxy) is 1. The maximum atomic E-state index is 12.7. The van der Waals surface area contributed by atoms with E-state index in [9.17, 15) is 4.79 Å². The minimum atomic E-state index is -0.343. The predicted molar refractivity (Wildman–Crippen MR) is 95.3 cm³/mol. The molecule has 3 aromatic rings. The van der Waals surface area contributed by atoms with Crippen molar-refractivity contribution in [2.45, 2.75) is 12.8 Å². The standard InChI is InChI=1S/C19H15ClN2O3/c1-24-16-9-7-12(20)10-15(16)21-19(23)17-14-8-6-11-4-2-3-5-13(11)18(14)25-22-17/h2-5,7,9-10H,6,8H2,1H3,(H,21,23). The molecule has 0 bridgehead atoms. The SMILES string of the molecule is COc1ccc(Cl)cc1NC(=O)c1noc2c1CCc1ccccc1-2. The Bertz CT molecular complexity index is 965. The van der Waals surface area contributed by atoms with Crippen molar-refractivity contribution < 1.29 is 14.1 Å². The van der Waals surface area contributed by atoms with Crippen LogP contribution in [0.1, 0.15) is 21.6 Å². The van der Waals surface area contributed by atoms with E-state index in [0.717, 1.165) is 17.5 Å². The summed E-state index contributed by atoms with van der Waals surface area (Å²) in [6.45, 7) is 0. The van der Waals surface area contributed by atoms with Crippen molar-refractivity contribution >= 4 is 23.2 Å². The quantitative estimate of drug-likeness (QED) is 0.759. The van der Waals surface area contributed by atoms with Gasteiger partial charge < -0.3 is 14.6 Å². The summed E-state index contributed by atoms with van der Waals surface area (Å²) in [4.78, 5) is 12.7. The number of benzene rings is 2. The van der Waals surface area contributed by atoms with Gasteiger partial charge in [-0.2, -0.15) is 0 Å². The fourth-order valence-corrected chi connectivity index (χ4v) is 3.28. The molecule has 0 saturated heterocycles. The van der Waals surface area contributed by atoms with Crippen molar-refractivity contribution in [2.75, 3.05) is 12.4 Å². The summed E-state index contributed by atoms with van der Waals surface area (Å²) in [5.74, 6) is 0.857. The van der Waals surface area contributed by atoms with Crippen LogP contribution in [0.25, 0.3) is 11.3 Å². The second kappa shape index (κ2) is 6.26. The zero-order chi connectivity index (χ0) is 17.4. The second-order valence-corrected chi connectivity index (χ2v) is 6.23. The zero-order valence-electron chi connectivity index (χ0n) is 13.5. The number of fused-ring (bicyclic) bond motifs is 3. The van der Waals surface area contributed by atoms with Crippen LogP contribution >= 0.6 is 11.6 Å². The van der Waals surface area contributed by atoms with Crippen molar-refractivity contribution in [3.8, 4) is 17.1 Å². The third-order valence-electron chi connectivity index (χ3n) is 4.32. The highest BCUT2D eigenvalue weighted by Crippen LogP contribution is 2.36. The van der Waals surface area contributed by atoms with Gasteiger partial charge in [0.15, 0.2) is 11.5 Å². The molecular weight excluding hydrogens is 340 g/mol. The van der Waals surface area contributed by atoms with E-state index in [1.807, 2.05) is 18.2 Å². The van der Waals surface area contributed by atoms with Gasteiger partial charge in [-0.25, -0.2) is 0 Å². The first-order chi connectivity index (χ1) is 12.2. The average Bonchev–Trinajstić information content (AvgIpc) is 3.06. The van der Waals surface area contributed by atoms with Crippen LogP contribution in [0, 0.1) is 0 Å². The van der Waals surface area contributed by atoms with E-state index in [-0.39, 0.29) is 5.91 Å². The van der Waals surface area contributed by atoms with Gasteiger partial charge in [0.25, 0.3) is 5.91 Å². The zero-order valence-corrected chi connectivity index (χ0v) is 14.3.